The lowest BCUT2D eigenvalue weighted by atomic mass is 10.3. The van der Waals surface area contributed by atoms with Crippen LogP contribution in [0.4, 0.5) is 11.9 Å². The number of aromatic amines is 1. The number of nitrogen functional groups attached to an aromatic ring is 1. The summed E-state index contributed by atoms with van der Waals surface area (Å²) in [4.78, 5) is 3.81. The molecule has 0 aromatic carbocycles. The van der Waals surface area contributed by atoms with E-state index in [-0.39, 0.29) is 12.1 Å². The lowest BCUT2D eigenvalue weighted by molar-refractivity contribution is 0.183. The Morgan fingerprint density at radius 3 is 3.00 bits per heavy atom. The van der Waals surface area contributed by atoms with Gasteiger partial charge < -0.3 is 16.2 Å². The van der Waals surface area contributed by atoms with E-state index in [0.29, 0.717) is 18.9 Å². The highest BCUT2D eigenvalue weighted by Gasteiger charge is 2.02. The van der Waals surface area contributed by atoms with Crippen molar-refractivity contribution in [2.45, 2.75) is 19.4 Å². The van der Waals surface area contributed by atoms with Gasteiger partial charge in [-0.1, -0.05) is 6.92 Å². The highest BCUT2D eigenvalue weighted by molar-refractivity contribution is 5.29. The fourth-order valence-electron chi connectivity index (χ4n) is 0.707. The molecule has 0 amide bonds. The zero-order valence-corrected chi connectivity index (χ0v) is 6.91. The number of nitrogens with zero attached hydrogens (tertiary/aromatic N) is 2. The van der Waals surface area contributed by atoms with Gasteiger partial charge in [-0.2, -0.15) is 4.98 Å². The molecule has 0 saturated heterocycles. The molecule has 0 aliphatic heterocycles. The Bertz CT molecular complexity index is 236. The Morgan fingerprint density at radius 2 is 2.50 bits per heavy atom. The third kappa shape index (κ3) is 2.39. The van der Waals surface area contributed by atoms with Crippen LogP contribution >= 0.6 is 0 Å². The van der Waals surface area contributed by atoms with E-state index in [2.05, 4.69) is 20.5 Å². The summed E-state index contributed by atoms with van der Waals surface area (Å²) in [5.74, 6) is 0.684. The average Bonchev–Trinajstić information content (AvgIpc) is 2.47. The van der Waals surface area contributed by atoms with Crippen LogP contribution in [0.2, 0.25) is 0 Å². The van der Waals surface area contributed by atoms with Crippen LogP contribution in [0.3, 0.4) is 0 Å². The van der Waals surface area contributed by atoms with Crippen molar-refractivity contribution >= 4 is 11.9 Å². The van der Waals surface area contributed by atoms with E-state index in [1.807, 2.05) is 6.92 Å². The predicted molar refractivity (Wildman–Crippen MR) is 45.6 cm³/mol. The fraction of sp³-hybridized carbons (Fsp3) is 0.667. The van der Waals surface area contributed by atoms with Gasteiger partial charge in [-0.25, -0.2) is 5.10 Å². The molecule has 1 atom stereocenters. The Balaban J connectivity index is 2.33. The maximum Gasteiger partial charge on any atom is 0.243 e. The fourth-order valence-corrected chi connectivity index (χ4v) is 0.707. The number of nitrogens with one attached hydrogen (secondary N) is 2. The quantitative estimate of drug-likeness (QED) is 0.492. The van der Waals surface area contributed by atoms with Crippen molar-refractivity contribution in [3.8, 4) is 0 Å². The molecule has 1 aromatic rings. The second-order valence-corrected chi connectivity index (χ2v) is 2.49. The van der Waals surface area contributed by atoms with Gasteiger partial charge in [-0.3, -0.25) is 0 Å². The summed E-state index contributed by atoms with van der Waals surface area (Å²) >= 11 is 0. The highest BCUT2D eigenvalue weighted by Crippen LogP contribution is 1.99. The van der Waals surface area contributed by atoms with Crippen molar-refractivity contribution in [3.05, 3.63) is 0 Å². The van der Waals surface area contributed by atoms with Gasteiger partial charge in [0.2, 0.25) is 11.9 Å². The van der Waals surface area contributed by atoms with Crippen LogP contribution in [-0.4, -0.2) is 32.9 Å². The smallest absolute Gasteiger partial charge is 0.243 e. The summed E-state index contributed by atoms with van der Waals surface area (Å²) in [5.41, 5.74) is 5.29. The minimum Gasteiger partial charge on any atom is -0.391 e. The van der Waals surface area contributed by atoms with E-state index < -0.39 is 0 Å². The highest BCUT2D eigenvalue weighted by atomic mass is 16.3. The number of anilines is 2. The Hall–Kier alpha value is -1.30. The van der Waals surface area contributed by atoms with E-state index in [4.69, 9.17) is 10.8 Å². The summed E-state index contributed by atoms with van der Waals surface area (Å²) < 4.78 is 0. The van der Waals surface area contributed by atoms with Gasteiger partial charge in [0.1, 0.15) is 0 Å². The zero-order chi connectivity index (χ0) is 8.97. The normalized spacial score (nSPS) is 12.8. The van der Waals surface area contributed by atoms with Crippen LogP contribution in [0.25, 0.3) is 0 Å². The van der Waals surface area contributed by atoms with Crippen molar-refractivity contribution in [3.63, 3.8) is 0 Å². The molecular weight excluding hydrogens is 158 g/mol. The van der Waals surface area contributed by atoms with Gasteiger partial charge >= 0.3 is 0 Å². The largest absolute Gasteiger partial charge is 0.391 e. The number of nitrogens with two attached hydrogens (primary N) is 1. The molecule has 6 nitrogen and oxygen atoms in total. The number of H-pyrrole nitrogens is 1. The molecule has 1 unspecified atom stereocenters. The van der Waals surface area contributed by atoms with Crippen molar-refractivity contribution in [1.82, 2.24) is 15.2 Å². The van der Waals surface area contributed by atoms with Crippen molar-refractivity contribution in [2.75, 3.05) is 17.6 Å². The van der Waals surface area contributed by atoms with Crippen molar-refractivity contribution in [2.24, 2.45) is 0 Å². The molecule has 12 heavy (non-hydrogen) atoms. The lowest BCUT2D eigenvalue weighted by Gasteiger charge is -2.06. The number of rotatable bonds is 4. The van der Waals surface area contributed by atoms with Crippen molar-refractivity contribution < 1.29 is 5.11 Å². The van der Waals surface area contributed by atoms with E-state index >= 15 is 0 Å². The molecule has 1 heterocycles. The topological polar surface area (TPSA) is 99.8 Å². The molecule has 0 spiro atoms. The zero-order valence-electron chi connectivity index (χ0n) is 6.91. The first-order valence-electron chi connectivity index (χ1n) is 3.82. The maximum atomic E-state index is 9.17. The van der Waals surface area contributed by atoms with E-state index in [1.54, 1.807) is 0 Å². The van der Waals surface area contributed by atoms with Gasteiger partial charge in [-0.15, -0.1) is 5.10 Å². The predicted octanol–water partition coefficient (Wildman–Crippen LogP) is -0.430. The number of aromatic nitrogens is 3. The van der Waals surface area contributed by atoms with Gasteiger partial charge in [-0.05, 0) is 6.42 Å². The second kappa shape index (κ2) is 3.91. The number of hydrogen-bond donors (Lipinski definition) is 4. The first kappa shape index (κ1) is 8.79. The van der Waals surface area contributed by atoms with E-state index in [1.165, 1.54) is 0 Å². The summed E-state index contributed by atoms with van der Waals surface area (Å²) in [6.45, 7) is 2.34. The minimum absolute atomic E-state index is 0.267. The molecule has 0 aliphatic carbocycles. The first-order chi connectivity index (χ1) is 5.72. The first-order valence-corrected chi connectivity index (χ1v) is 3.82. The molecule has 0 fully saturated rings. The van der Waals surface area contributed by atoms with E-state index in [9.17, 15) is 0 Å². The molecule has 0 saturated carbocycles. The Labute approximate surface area is 70.2 Å². The molecule has 0 radical (unpaired) electrons. The van der Waals surface area contributed by atoms with Crippen LogP contribution in [0.5, 0.6) is 0 Å². The summed E-state index contributed by atoms with van der Waals surface area (Å²) in [5, 5.41) is 18.2. The average molecular weight is 171 g/mol. The monoisotopic (exact) mass is 171 g/mol. The second-order valence-electron chi connectivity index (χ2n) is 2.49. The summed E-state index contributed by atoms with van der Waals surface area (Å²) in [6, 6.07) is 0. The van der Waals surface area contributed by atoms with Crippen LogP contribution in [0.15, 0.2) is 0 Å². The molecule has 0 bridgehead atoms. The Morgan fingerprint density at radius 1 is 1.75 bits per heavy atom. The van der Waals surface area contributed by atoms with Gasteiger partial charge in [0.25, 0.3) is 0 Å². The molecule has 6 heteroatoms. The number of aliphatic hydroxyl groups is 1. The molecule has 1 rings (SSSR count). The van der Waals surface area contributed by atoms with Crippen LogP contribution in [0.1, 0.15) is 13.3 Å². The third-order valence-corrected chi connectivity index (χ3v) is 1.47. The molecule has 0 aliphatic rings. The van der Waals surface area contributed by atoms with Crippen LogP contribution in [0, 0.1) is 0 Å². The maximum absolute atomic E-state index is 9.17. The standard InChI is InChI=1S/C6H13N5O/c1-2-4(12)3-8-6-9-5(7)10-11-6/h4,12H,2-3H2,1H3,(H4,7,8,9,10,11). The van der Waals surface area contributed by atoms with Crippen molar-refractivity contribution in [1.29, 1.82) is 0 Å². The summed E-state index contributed by atoms with van der Waals surface area (Å²) in [6.07, 6.45) is 0.331. The summed E-state index contributed by atoms with van der Waals surface area (Å²) in [7, 11) is 0. The molecule has 68 valence electrons. The van der Waals surface area contributed by atoms with Gasteiger partial charge in [0, 0.05) is 6.54 Å². The van der Waals surface area contributed by atoms with Gasteiger partial charge in [0.15, 0.2) is 0 Å². The minimum atomic E-state index is -0.371. The number of hydrogen-bond acceptors (Lipinski definition) is 5. The van der Waals surface area contributed by atoms with Crippen LogP contribution in [-0.2, 0) is 0 Å². The molecular formula is C6H13N5O. The van der Waals surface area contributed by atoms with E-state index in [0.717, 1.165) is 0 Å². The Kier molecular flexibility index (Phi) is 2.87. The third-order valence-electron chi connectivity index (χ3n) is 1.47. The van der Waals surface area contributed by atoms with Gasteiger partial charge in [0.05, 0.1) is 6.10 Å². The SMILES string of the molecule is CCC(O)CNc1n[nH]c(N)n1. The van der Waals surface area contributed by atoms with Crippen LogP contribution < -0.4 is 11.1 Å². The number of aliphatic hydroxyl groups excluding tert-OH is 1. The molecule has 1 aromatic heterocycles. The molecule has 5 N–H and O–H groups in total. The lowest BCUT2D eigenvalue weighted by Crippen LogP contribution is -2.18.